The zero-order chi connectivity index (χ0) is 20.5. The maximum absolute atomic E-state index is 13.0. The Labute approximate surface area is 176 Å². The van der Waals surface area contributed by atoms with Gasteiger partial charge in [0.25, 0.3) is 0 Å². The second-order valence-corrected chi connectivity index (χ2v) is 8.96. The highest BCUT2D eigenvalue weighted by Gasteiger charge is 2.38. The largest absolute Gasteiger partial charge is 0.344 e. The van der Waals surface area contributed by atoms with Crippen LogP contribution in [-0.2, 0) is 4.79 Å². The van der Waals surface area contributed by atoms with Crippen molar-refractivity contribution >= 4 is 23.4 Å². The Morgan fingerprint density at radius 3 is 2.59 bits per heavy atom. The predicted octanol–water partition coefficient (Wildman–Crippen LogP) is 5.34. The fourth-order valence-electron chi connectivity index (χ4n) is 3.95. The topological polar surface area (TPSA) is 47.3 Å². The van der Waals surface area contributed by atoms with Gasteiger partial charge in [-0.3, -0.25) is 9.69 Å². The van der Waals surface area contributed by atoms with E-state index in [0.717, 1.165) is 27.7 Å². The number of fused-ring (bicyclic) bond motifs is 1. The smallest absolute Gasteiger partial charge is 0.229 e. The highest BCUT2D eigenvalue weighted by atomic mass is 32.2. The minimum Gasteiger partial charge on any atom is -0.344 e. The quantitative estimate of drug-likeness (QED) is 0.694. The van der Waals surface area contributed by atoms with Crippen molar-refractivity contribution in [1.29, 1.82) is 5.26 Å². The van der Waals surface area contributed by atoms with Crippen molar-refractivity contribution in [3.05, 3.63) is 75.8 Å². The lowest BCUT2D eigenvalue weighted by Gasteiger charge is -2.42. The standard InChI is InChI=1S/C24H25N3OS/c1-16(2)18-7-9-19(10-8-18)21-12-23(28)27-14-26(15-29-24(27)22(21)13-25)20-6-4-5-17(3)11-20/h4-11,16,21H,12,14-15H2,1-3H3/t21-/m0/s1. The number of hydrogen-bond donors (Lipinski definition) is 0. The lowest BCUT2D eigenvalue weighted by atomic mass is 9.85. The molecule has 1 fully saturated rings. The van der Waals surface area contributed by atoms with E-state index in [0.29, 0.717) is 19.0 Å². The lowest BCUT2D eigenvalue weighted by Crippen LogP contribution is -2.47. The van der Waals surface area contributed by atoms with Crippen molar-refractivity contribution in [3.63, 3.8) is 0 Å². The van der Waals surface area contributed by atoms with Crippen molar-refractivity contribution in [3.8, 4) is 6.07 Å². The van der Waals surface area contributed by atoms with Crippen LogP contribution in [0.5, 0.6) is 0 Å². The molecule has 0 aromatic heterocycles. The fourth-order valence-corrected chi connectivity index (χ4v) is 5.12. The van der Waals surface area contributed by atoms with E-state index in [1.807, 2.05) is 6.07 Å². The summed E-state index contributed by atoms with van der Waals surface area (Å²) in [4.78, 5) is 17.0. The first-order chi connectivity index (χ1) is 14.0. The van der Waals surface area contributed by atoms with E-state index >= 15 is 0 Å². The van der Waals surface area contributed by atoms with Gasteiger partial charge in [-0.05, 0) is 41.7 Å². The number of rotatable bonds is 3. The number of carbonyl (C=O) groups excluding carboxylic acids is 1. The van der Waals surface area contributed by atoms with Crippen molar-refractivity contribution in [2.45, 2.75) is 39.0 Å². The Bertz CT molecular complexity index is 1000. The molecule has 2 aromatic carbocycles. The van der Waals surface area contributed by atoms with Gasteiger partial charge in [0, 0.05) is 18.0 Å². The molecule has 4 rings (SSSR count). The Morgan fingerprint density at radius 1 is 1.17 bits per heavy atom. The Hall–Kier alpha value is -2.71. The monoisotopic (exact) mass is 403 g/mol. The molecule has 2 heterocycles. The van der Waals surface area contributed by atoms with Gasteiger partial charge in [0.2, 0.25) is 5.91 Å². The van der Waals surface area contributed by atoms with E-state index in [4.69, 9.17) is 0 Å². The van der Waals surface area contributed by atoms with E-state index in [1.165, 1.54) is 11.1 Å². The number of amides is 1. The molecule has 0 aliphatic carbocycles. The number of thioether (sulfide) groups is 1. The van der Waals surface area contributed by atoms with E-state index in [9.17, 15) is 10.1 Å². The van der Waals surface area contributed by atoms with Gasteiger partial charge in [-0.2, -0.15) is 5.26 Å². The van der Waals surface area contributed by atoms with Crippen LogP contribution in [0, 0.1) is 18.3 Å². The van der Waals surface area contributed by atoms with Gasteiger partial charge >= 0.3 is 0 Å². The highest BCUT2D eigenvalue weighted by Crippen LogP contribution is 2.43. The zero-order valence-corrected chi connectivity index (χ0v) is 17.9. The molecule has 4 nitrogen and oxygen atoms in total. The Balaban J connectivity index is 1.64. The molecule has 1 saturated heterocycles. The lowest BCUT2D eigenvalue weighted by molar-refractivity contribution is -0.129. The summed E-state index contributed by atoms with van der Waals surface area (Å²) in [5.41, 5.74) is 5.34. The molecule has 148 valence electrons. The van der Waals surface area contributed by atoms with Gasteiger partial charge in [0.1, 0.15) is 0 Å². The summed E-state index contributed by atoms with van der Waals surface area (Å²) in [7, 11) is 0. The molecule has 1 atom stereocenters. The molecule has 2 aliphatic heterocycles. The van der Waals surface area contributed by atoms with Crippen molar-refractivity contribution in [2.24, 2.45) is 0 Å². The van der Waals surface area contributed by atoms with E-state index in [2.05, 4.69) is 74.2 Å². The minimum absolute atomic E-state index is 0.0850. The van der Waals surface area contributed by atoms with Crippen molar-refractivity contribution < 1.29 is 4.79 Å². The van der Waals surface area contributed by atoms with Crippen molar-refractivity contribution in [2.75, 3.05) is 17.4 Å². The summed E-state index contributed by atoms with van der Waals surface area (Å²) < 4.78 is 0. The second kappa shape index (κ2) is 7.96. The Kier molecular flexibility index (Phi) is 5.38. The number of benzene rings is 2. The van der Waals surface area contributed by atoms with Crippen molar-refractivity contribution in [1.82, 2.24) is 4.90 Å². The molecule has 0 saturated carbocycles. The average molecular weight is 404 g/mol. The zero-order valence-electron chi connectivity index (χ0n) is 17.1. The number of nitriles is 1. The Morgan fingerprint density at radius 2 is 1.93 bits per heavy atom. The van der Waals surface area contributed by atoms with Crippen LogP contribution in [0.25, 0.3) is 0 Å². The molecule has 5 heteroatoms. The third kappa shape index (κ3) is 3.77. The molecule has 0 N–H and O–H groups in total. The number of allylic oxidation sites excluding steroid dienone is 1. The number of carbonyl (C=O) groups is 1. The highest BCUT2D eigenvalue weighted by molar-refractivity contribution is 8.03. The second-order valence-electron chi connectivity index (χ2n) is 8.02. The third-order valence-electron chi connectivity index (χ3n) is 5.67. The molecule has 0 bridgehead atoms. The first-order valence-corrected chi connectivity index (χ1v) is 11.0. The average Bonchev–Trinajstić information content (AvgIpc) is 2.73. The molecule has 0 spiro atoms. The van der Waals surface area contributed by atoms with Crippen LogP contribution >= 0.6 is 11.8 Å². The predicted molar refractivity (Wildman–Crippen MR) is 118 cm³/mol. The van der Waals surface area contributed by atoms with Crippen LogP contribution in [0.15, 0.2) is 59.1 Å². The molecular weight excluding hydrogens is 378 g/mol. The van der Waals surface area contributed by atoms with Gasteiger partial charge in [0.05, 0.1) is 29.2 Å². The maximum Gasteiger partial charge on any atom is 0.229 e. The molecule has 0 unspecified atom stereocenters. The summed E-state index contributed by atoms with van der Waals surface area (Å²) in [6.45, 7) is 6.90. The first kappa shape index (κ1) is 19.6. The molecule has 0 radical (unpaired) electrons. The van der Waals surface area contributed by atoms with E-state index in [-0.39, 0.29) is 11.8 Å². The molecule has 2 aliphatic rings. The summed E-state index contributed by atoms with van der Waals surface area (Å²) in [5, 5.41) is 10.8. The van der Waals surface area contributed by atoms with E-state index < -0.39 is 0 Å². The minimum atomic E-state index is -0.155. The van der Waals surface area contributed by atoms with Crippen LogP contribution in [0.1, 0.15) is 48.8 Å². The fraction of sp³-hybridized carbons (Fsp3) is 0.333. The van der Waals surface area contributed by atoms with Crippen LogP contribution < -0.4 is 4.90 Å². The van der Waals surface area contributed by atoms with Gasteiger partial charge in [0.15, 0.2) is 0 Å². The van der Waals surface area contributed by atoms with Crippen LogP contribution in [0.4, 0.5) is 5.69 Å². The van der Waals surface area contributed by atoms with Crippen LogP contribution in [-0.4, -0.2) is 23.4 Å². The van der Waals surface area contributed by atoms with E-state index in [1.54, 1.807) is 16.7 Å². The van der Waals surface area contributed by atoms with Crippen LogP contribution in [0.2, 0.25) is 0 Å². The normalized spacial score (nSPS) is 19.4. The molecule has 1 amide bonds. The summed E-state index contributed by atoms with van der Waals surface area (Å²) in [6.07, 6.45) is 0.343. The van der Waals surface area contributed by atoms with Gasteiger partial charge < -0.3 is 4.90 Å². The number of hydrogen-bond acceptors (Lipinski definition) is 4. The summed E-state index contributed by atoms with van der Waals surface area (Å²) in [6, 6.07) is 19.1. The SMILES string of the molecule is Cc1cccc(N2CSC3=C(C#N)[C@H](c4ccc(C(C)C)cc4)CC(=O)N3C2)c1. The third-order valence-corrected chi connectivity index (χ3v) is 6.82. The molecule has 29 heavy (non-hydrogen) atoms. The number of anilines is 1. The number of aryl methyl sites for hydroxylation is 1. The maximum atomic E-state index is 13.0. The van der Waals surface area contributed by atoms with Gasteiger partial charge in [-0.25, -0.2) is 0 Å². The summed E-state index contributed by atoms with van der Waals surface area (Å²) >= 11 is 1.59. The number of nitrogens with zero attached hydrogens (tertiary/aromatic N) is 3. The van der Waals surface area contributed by atoms with Crippen LogP contribution in [0.3, 0.4) is 0 Å². The first-order valence-electron chi connectivity index (χ1n) is 9.97. The summed E-state index contributed by atoms with van der Waals surface area (Å²) in [5.74, 6) is 1.12. The molecule has 2 aromatic rings. The molecular formula is C24H25N3OS. The van der Waals surface area contributed by atoms with Gasteiger partial charge in [-0.15, -0.1) is 0 Å². The van der Waals surface area contributed by atoms with Gasteiger partial charge in [-0.1, -0.05) is 62.0 Å².